The fraction of sp³-hybridized carbons (Fsp3) is 0.200. The van der Waals surface area contributed by atoms with E-state index in [4.69, 9.17) is 0 Å². The molecule has 0 fully saturated rings. The lowest BCUT2D eigenvalue weighted by Gasteiger charge is -2.17. The summed E-state index contributed by atoms with van der Waals surface area (Å²) >= 11 is 0. The third-order valence-electron chi connectivity index (χ3n) is 4.26. The van der Waals surface area contributed by atoms with Gasteiger partial charge in [-0.25, -0.2) is 14.2 Å². The van der Waals surface area contributed by atoms with E-state index < -0.39 is 18.0 Å². The zero-order valence-corrected chi connectivity index (χ0v) is 14.8. The molecule has 0 radical (unpaired) electrons. The molecule has 0 bridgehead atoms. The molecule has 2 amide bonds. The van der Waals surface area contributed by atoms with Crippen molar-refractivity contribution in [2.45, 2.75) is 19.1 Å². The maximum absolute atomic E-state index is 13.6. The number of carbonyl (C=O) groups excluding carboxylic acids is 1. The van der Waals surface area contributed by atoms with Crippen molar-refractivity contribution in [1.82, 2.24) is 20.2 Å². The molecule has 3 aromatic rings. The van der Waals surface area contributed by atoms with Gasteiger partial charge in [-0.2, -0.15) is 0 Å². The van der Waals surface area contributed by atoms with Crippen molar-refractivity contribution in [1.29, 1.82) is 0 Å². The Hall–Kier alpha value is -3.19. The van der Waals surface area contributed by atoms with Gasteiger partial charge in [-0.3, -0.25) is 0 Å². The minimum Gasteiger partial charge on any atom is -0.386 e. The van der Waals surface area contributed by atoms with Crippen LogP contribution in [0.4, 0.5) is 9.18 Å². The third kappa shape index (κ3) is 4.71. The second-order valence-electron chi connectivity index (χ2n) is 6.17. The summed E-state index contributed by atoms with van der Waals surface area (Å²) in [6.45, 7) is 1.78. The van der Waals surface area contributed by atoms with Crippen LogP contribution in [0.3, 0.4) is 0 Å². The number of aliphatic hydroxyl groups is 1. The topological polar surface area (TPSA) is 79.2 Å². The average molecular weight is 368 g/mol. The molecule has 3 N–H and O–H groups in total. The monoisotopic (exact) mass is 368 g/mol. The second kappa shape index (κ2) is 8.46. The minimum atomic E-state index is -1.11. The van der Waals surface area contributed by atoms with E-state index in [-0.39, 0.29) is 18.2 Å². The summed E-state index contributed by atoms with van der Waals surface area (Å²) in [7, 11) is 0. The molecule has 27 heavy (non-hydrogen) atoms. The number of rotatable bonds is 6. The van der Waals surface area contributed by atoms with Crippen molar-refractivity contribution in [2.24, 2.45) is 0 Å². The summed E-state index contributed by atoms with van der Waals surface area (Å²) in [5.41, 5.74) is 2.06. The number of aliphatic hydroxyl groups excluding tert-OH is 1. The first-order valence-electron chi connectivity index (χ1n) is 8.59. The number of amides is 2. The third-order valence-corrected chi connectivity index (χ3v) is 4.26. The molecular weight excluding hydrogens is 347 g/mol. The lowest BCUT2D eigenvalue weighted by Crippen LogP contribution is -2.39. The van der Waals surface area contributed by atoms with E-state index in [0.717, 1.165) is 11.3 Å². The van der Waals surface area contributed by atoms with Crippen molar-refractivity contribution in [2.75, 3.05) is 6.54 Å². The van der Waals surface area contributed by atoms with Crippen LogP contribution in [-0.2, 0) is 0 Å². The number of nitrogens with zero attached hydrogens (tertiary/aromatic N) is 2. The van der Waals surface area contributed by atoms with Crippen LogP contribution >= 0.6 is 0 Å². The fourth-order valence-electron chi connectivity index (χ4n) is 2.72. The van der Waals surface area contributed by atoms with Crippen molar-refractivity contribution in [3.8, 4) is 5.69 Å². The van der Waals surface area contributed by atoms with E-state index in [1.807, 2.05) is 42.0 Å². The van der Waals surface area contributed by atoms with Crippen LogP contribution in [0.25, 0.3) is 5.69 Å². The highest BCUT2D eigenvalue weighted by Gasteiger charge is 2.14. The number of hydrogen-bond acceptors (Lipinski definition) is 3. The number of urea groups is 1. The summed E-state index contributed by atoms with van der Waals surface area (Å²) in [5, 5.41) is 15.4. The first-order chi connectivity index (χ1) is 13.0. The largest absolute Gasteiger partial charge is 0.386 e. The van der Waals surface area contributed by atoms with Crippen molar-refractivity contribution < 1.29 is 14.3 Å². The number of imidazole rings is 1. The highest BCUT2D eigenvalue weighted by molar-refractivity contribution is 5.74. The number of halogens is 1. The average Bonchev–Trinajstić information content (AvgIpc) is 3.21. The van der Waals surface area contributed by atoms with E-state index in [1.54, 1.807) is 24.7 Å². The molecule has 0 aliphatic heterocycles. The van der Waals surface area contributed by atoms with E-state index >= 15 is 0 Å². The van der Waals surface area contributed by atoms with Gasteiger partial charge in [0.05, 0.1) is 18.5 Å². The SMILES string of the molecule is CC(NC(=O)NCC(O)c1ccccc1F)c1ccc(-n2ccnc2)cc1. The molecule has 2 atom stereocenters. The number of carbonyl (C=O) groups is 1. The van der Waals surface area contributed by atoms with Crippen LogP contribution < -0.4 is 10.6 Å². The molecule has 1 heterocycles. The van der Waals surface area contributed by atoms with E-state index in [1.165, 1.54) is 12.1 Å². The number of benzene rings is 2. The Bertz CT molecular complexity index is 881. The Balaban J connectivity index is 1.52. The van der Waals surface area contributed by atoms with Gasteiger partial charge in [0, 0.05) is 30.2 Å². The van der Waals surface area contributed by atoms with Crippen LogP contribution in [0.15, 0.2) is 67.3 Å². The first kappa shape index (κ1) is 18.6. The molecule has 1 aromatic heterocycles. The van der Waals surface area contributed by atoms with Crippen LogP contribution in [-0.4, -0.2) is 27.2 Å². The van der Waals surface area contributed by atoms with Crippen LogP contribution in [0, 0.1) is 5.82 Å². The fourth-order valence-corrected chi connectivity index (χ4v) is 2.72. The van der Waals surface area contributed by atoms with Gasteiger partial charge in [0.2, 0.25) is 0 Å². The normalized spacial score (nSPS) is 13.0. The van der Waals surface area contributed by atoms with Gasteiger partial charge in [0.1, 0.15) is 5.82 Å². The van der Waals surface area contributed by atoms with Gasteiger partial charge in [0.25, 0.3) is 0 Å². The smallest absolute Gasteiger partial charge is 0.315 e. The maximum atomic E-state index is 13.6. The molecule has 7 heteroatoms. The van der Waals surface area contributed by atoms with Gasteiger partial charge in [0.15, 0.2) is 0 Å². The summed E-state index contributed by atoms with van der Waals surface area (Å²) < 4.78 is 15.5. The van der Waals surface area contributed by atoms with E-state index in [2.05, 4.69) is 15.6 Å². The highest BCUT2D eigenvalue weighted by Crippen LogP contribution is 2.17. The van der Waals surface area contributed by atoms with Gasteiger partial charge in [-0.05, 0) is 30.7 Å². The van der Waals surface area contributed by atoms with Gasteiger partial charge < -0.3 is 20.3 Å². The lowest BCUT2D eigenvalue weighted by atomic mass is 10.1. The maximum Gasteiger partial charge on any atom is 0.315 e. The first-order valence-corrected chi connectivity index (χ1v) is 8.59. The predicted octanol–water partition coefficient (Wildman–Crippen LogP) is 3.11. The van der Waals surface area contributed by atoms with E-state index in [0.29, 0.717) is 0 Å². The molecule has 0 aliphatic carbocycles. The standard InChI is InChI=1S/C20H21FN4O2/c1-14(15-6-8-16(9-7-15)25-11-10-22-13-25)24-20(27)23-12-19(26)17-4-2-3-5-18(17)21/h2-11,13-14,19,26H,12H2,1H3,(H2,23,24,27). The molecule has 0 saturated heterocycles. The Morgan fingerprint density at radius 2 is 1.96 bits per heavy atom. The summed E-state index contributed by atoms with van der Waals surface area (Å²) in [5.74, 6) is -0.501. The zero-order valence-electron chi connectivity index (χ0n) is 14.8. The van der Waals surface area contributed by atoms with Gasteiger partial charge in [-0.1, -0.05) is 30.3 Å². The Morgan fingerprint density at radius 1 is 1.22 bits per heavy atom. The molecule has 0 spiro atoms. The molecule has 6 nitrogen and oxygen atoms in total. The molecular formula is C20H21FN4O2. The number of aromatic nitrogens is 2. The Morgan fingerprint density at radius 3 is 2.63 bits per heavy atom. The minimum absolute atomic E-state index is 0.0843. The Kier molecular flexibility index (Phi) is 5.83. The highest BCUT2D eigenvalue weighted by atomic mass is 19.1. The lowest BCUT2D eigenvalue weighted by molar-refractivity contribution is 0.168. The Labute approximate surface area is 156 Å². The molecule has 3 rings (SSSR count). The molecule has 2 unspecified atom stereocenters. The van der Waals surface area contributed by atoms with Crippen molar-refractivity contribution in [3.05, 3.63) is 84.2 Å². The van der Waals surface area contributed by atoms with Gasteiger partial charge >= 0.3 is 6.03 Å². The van der Waals surface area contributed by atoms with Crippen molar-refractivity contribution in [3.63, 3.8) is 0 Å². The quantitative estimate of drug-likeness (QED) is 0.626. The van der Waals surface area contributed by atoms with E-state index in [9.17, 15) is 14.3 Å². The molecule has 140 valence electrons. The summed E-state index contributed by atoms with van der Waals surface area (Å²) in [6, 6.07) is 13.0. The summed E-state index contributed by atoms with van der Waals surface area (Å²) in [6.07, 6.45) is 4.16. The molecule has 2 aromatic carbocycles. The van der Waals surface area contributed by atoms with Crippen molar-refractivity contribution >= 4 is 6.03 Å². The van der Waals surface area contributed by atoms with Crippen LogP contribution in [0.1, 0.15) is 30.2 Å². The predicted molar refractivity (Wildman–Crippen MR) is 99.9 cm³/mol. The second-order valence-corrected chi connectivity index (χ2v) is 6.17. The number of hydrogen-bond donors (Lipinski definition) is 3. The molecule has 0 saturated carbocycles. The van der Waals surface area contributed by atoms with Gasteiger partial charge in [-0.15, -0.1) is 0 Å². The van der Waals surface area contributed by atoms with Crippen LogP contribution in [0.2, 0.25) is 0 Å². The summed E-state index contributed by atoms with van der Waals surface area (Å²) in [4.78, 5) is 16.1. The zero-order chi connectivity index (χ0) is 19.2. The molecule has 0 aliphatic rings. The number of nitrogens with one attached hydrogen (secondary N) is 2. The van der Waals surface area contributed by atoms with Crippen LogP contribution in [0.5, 0.6) is 0 Å².